The lowest BCUT2D eigenvalue weighted by Gasteiger charge is -2.34. The molecule has 2 aromatic carbocycles. The zero-order valence-corrected chi connectivity index (χ0v) is 16.7. The van der Waals surface area contributed by atoms with Crippen LogP contribution < -0.4 is 9.47 Å². The number of ether oxygens (including phenoxy) is 2. The van der Waals surface area contributed by atoms with E-state index in [9.17, 15) is 9.90 Å². The summed E-state index contributed by atoms with van der Waals surface area (Å²) in [7, 11) is 3.16. The summed E-state index contributed by atoms with van der Waals surface area (Å²) < 4.78 is 12.0. The monoisotopic (exact) mass is 398 g/mol. The molecular formula is C21H22N2O4S. The van der Waals surface area contributed by atoms with E-state index < -0.39 is 6.10 Å². The van der Waals surface area contributed by atoms with Crippen LogP contribution in [-0.2, 0) is 17.8 Å². The zero-order valence-electron chi connectivity index (χ0n) is 15.8. The van der Waals surface area contributed by atoms with Gasteiger partial charge in [0.1, 0.15) is 17.6 Å². The first-order valence-electron chi connectivity index (χ1n) is 9.14. The highest BCUT2D eigenvalue weighted by Crippen LogP contribution is 2.39. The first-order valence-corrected chi connectivity index (χ1v) is 9.96. The predicted molar refractivity (Wildman–Crippen MR) is 108 cm³/mol. The number of nitrogens with zero attached hydrogens (tertiary/aromatic N) is 2. The van der Waals surface area contributed by atoms with Crippen LogP contribution in [0.15, 0.2) is 36.4 Å². The van der Waals surface area contributed by atoms with Crippen LogP contribution >= 0.6 is 11.3 Å². The van der Waals surface area contributed by atoms with Gasteiger partial charge < -0.3 is 19.5 Å². The molecule has 28 heavy (non-hydrogen) atoms. The minimum absolute atomic E-state index is 0.00571. The van der Waals surface area contributed by atoms with Crippen molar-refractivity contribution in [3.05, 3.63) is 52.5 Å². The number of thiazole rings is 1. The number of hydrogen-bond donors (Lipinski definition) is 1. The van der Waals surface area contributed by atoms with Gasteiger partial charge in [-0.3, -0.25) is 4.79 Å². The van der Waals surface area contributed by atoms with E-state index in [1.165, 1.54) is 0 Å². The van der Waals surface area contributed by atoms with Gasteiger partial charge in [-0.15, -0.1) is 11.3 Å². The van der Waals surface area contributed by atoms with Crippen molar-refractivity contribution in [2.45, 2.75) is 25.5 Å². The van der Waals surface area contributed by atoms with Crippen molar-refractivity contribution in [3.63, 3.8) is 0 Å². The quantitative estimate of drug-likeness (QED) is 0.714. The molecule has 0 saturated heterocycles. The minimum Gasteiger partial charge on any atom is -0.496 e. The van der Waals surface area contributed by atoms with E-state index in [1.54, 1.807) is 42.6 Å². The van der Waals surface area contributed by atoms with Crippen LogP contribution in [0.5, 0.6) is 11.5 Å². The van der Waals surface area contributed by atoms with Crippen LogP contribution in [0.3, 0.4) is 0 Å². The predicted octanol–water partition coefficient (Wildman–Crippen LogP) is 3.32. The van der Waals surface area contributed by atoms with Gasteiger partial charge in [-0.2, -0.15) is 0 Å². The summed E-state index contributed by atoms with van der Waals surface area (Å²) in [6, 6.07) is 11.6. The molecule has 0 fully saturated rings. The summed E-state index contributed by atoms with van der Waals surface area (Å²) in [5.74, 6) is 1.26. The van der Waals surface area contributed by atoms with E-state index >= 15 is 0 Å². The minimum atomic E-state index is -0.805. The average Bonchev–Trinajstić information content (AvgIpc) is 3.14. The van der Waals surface area contributed by atoms with Gasteiger partial charge in [0.25, 0.3) is 0 Å². The molecule has 1 amide bonds. The first-order chi connectivity index (χ1) is 13.6. The smallest absolute Gasteiger partial charge is 0.223 e. The third-order valence-corrected chi connectivity index (χ3v) is 6.13. The molecule has 0 bridgehead atoms. The molecule has 1 aliphatic heterocycles. The number of para-hydroxylation sites is 1. The molecule has 0 spiro atoms. The molecule has 6 nitrogen and oxygen atoms in total. The number of rotatable bonds is 5. The third-order valence-electron chi connectivity index (χ3n) is 5.03. The highest BCUT2D eigenvalue weighted by Gasteiger charge is 2.31. The number of β-amino-alcohol motifs (C(OH)–C–C–N with tert-alkyl or cyclic N) is 1. The normalized spacial score (nSPS) is 16.1. The average molecular weight is 398 g/mol. The SMILES string of the molecule is COc1ccc(OC)c2c1CN(C(=O)CCc1nc3ccccc3s1)CC2O. The van der Waals surface area contributed by atoms with Gasteiger partial charge in [0, 0.05) is 30.5 Å². The Morgan fingerprint density at radius 2 is 1.96 bits per heavy atom. The number of aliphatic hydroxyl groups is 1. The molecule has 146 valence electrons. The topological polar surface area (TPSA) is 71.9 Å². The Morgan fingerprint density at radius 3 is 2.71 bits per heavy atom. The van der Waals surface area contributed by atoms with E-state index in [1.807, 2.05) is 24.3 Å². The Kier molecular flexibility index (Phi) is 5.19. The van der Waals surface area contributed by atoms with E-state index in [0.717, 1.165) is 20.8 Å². The standard InChI is InChI=1S/C21H22N2O4S/c1-26-16-7-8-17(27-2)21-13(16)11-23(12-15(21)24)20(25)10-9-19-22-14-5-3-4-6-18(14)28-19/h3-8,15,24H,9-12H2,1-2H3. The lowest BCUT2D eigenvalue weighted by atomic mass is 9.95. The summed E-state index contributed by atoms with van der Waals surface area (Å²) in [6.45, 7) is 0.640. The molecular weight excluding hydrogens is 376 g/mol. The van der Waals surface area contributed by atoms with Crippen LogP contribution in [-0.4, -0.2) is 41.7 Å². The van der Waals surface area contributed by atoms with Gasteiger partial charge in [0.2, 0.25) is 5.91 Å². The van der Waals surface area contributed by atoms with Crippen LogP contribution in [0.4, 0.5) is 0 Å². The zero-order chi connectivity index (χ0) is 19.7. The van der Waals surface area contributed by atoms with Crippen LogP contribution in [0.2, 0.25) is 0 Å². The lowest BCUT2D eigenvalue weighted by Crippen LogP contribution is -2.38. The van der Waals surface area contributed by atoms with Crippen molar-refractivity contribution in [2.24, 2.45) is 0 Å². The van der Waals surface area contributed by atoms with Crippen molar-refractivity contribution in [1.29, 1.82) is 0 Å². The number of aromatic nitrogens is 1. The number of amides is 1. The molecule has 1 aromatic heterocycles. The lowest BCUT2D eigenvalue weighted by molar-refractivity contribution is -0.134. The maximum absolute atomic E-state index is 12.8. The number of benzene rings is 2. The Hall–Kier alpha value is -2.64. The molecule has 4 rings (SSSR count). The number of aliphatic hydroxyl groups excluding tert-OH is 1. The van der Waals surface area contributed by atoms with Crippen molar-refractivity contribution in [2.75, 3.05) is 20.8 Å². The second kappa shape index (κ2) is 7.77. The summed E-state index contributed by atoms with van der Waals surface area (Å²) in [4.78, 5) is 19.1. The van der Waals surface area contributed by atoms with Crippen molar-refractivity contribution in [3.8, 4) is 11.5 Å². The van der Waals surface area contributed by atoms with Crippen molar-refractivity contribution in [1.82, 2.24) is 9.88 Å². The third kappa shape index (κ3) is 3.43. The van der Waals surface area contributed by atoms with Gasteiger partial charge in [-0.1, -0.05) is 12.1 Å². The maximum atomic E-state index is 12.8. The molecule has 7 heteroatoms. The second-order valence-electron chi connectivity index (χ2n) is 6.73. The summed E-state index contributed by atoms with van der Waals surface area (Å²) in [5, 5.41) is 11.6. The van der Waals surface area contributed by atoms with Crippen molar-refractivity contribution >= 4 is 27.5 Å². The summed E-state index contributed by atoms with van der Waals surface area (Å²) in [5.41, 5.74) is 2.47. The largest absolute Gasteiger partial charge is 0.496 e. The number of carbonyl (C=O) groups excluding carboxylic acids is 1. The van der Waals surface area contributed by atoms with E-state index in [0.29, 0.717) is 36.4 Å². The second-order valence-corrected chi connectivity index (χ2v) is 7.84. The maximum Gasteiger partial charge on any atom is 0.223 e. The fraction of sp³-hybridized carbons (Fsp3) is 0.333. The Morgan fingerprint density at radius 1 is 1.21 bits per heavy atom. The molecule has 0 saturated carbocycles. The molecule has 1 atom stereocenters. The molecule has 1 unspecified atom stereocenters. The van der Waals surface area contributed by atoms with Crippen LogP contribution in [0, 0.1) is 0 Å². The summed E-state index contributed by atoms with van der Waals surface area (Å²) in [6.07, 6.45) is 0.140. The Bertz CT molecular complexity index is 984. The van der Waals surface area contributed by atoms with E-state index in [2.05, 4.69) is 4.98 Å². The highest BCUT2D eigenvalue weighted by molar-refractivity contribution is 7.18. The van der Waals surface area contributed by atoms with E-state index in [-0.39, 0.29) is 12.5 Å². The molecule has 0 aliphatic carbocycles. The fourth-order valence-electron chi connectivity index (χ4n) is 3.67. The first kappa shape index (κ1) is 18.7. The fourth-order valence-corrected chi connectivity index (χ4v) is 4.63. The number of carbonyl (C=O) groups is 1. The number of fused-ring (bicyclic) bond motifs is 2. The van der Waals surface area contributed by atoms with Gasteiger partial charge in [-0.25, -0.2) is 4.98 Å². The van der Waals surface area contributed by atoms with Gasteiger partial charge in [-0.05, 0) is 24.3 Å². The number of aryl methyl sites for hydroxylation is 1. The van der Waals surface area contributed by atoms with Crippen molar-refractivity contribution < 1.29 is 19.4 Å². The molecule has 1 aliphatic rings. The van der Waals surface area contributed by atoms with Gasteiger partial charge in [0.05, 0.1) is 36.0 Å². The summed E-state index contributed by atoms with van der Waals surface area (Å²) >= 11 is 1.62. The highest BCUT2D eigenvalue weighted by atomic mass is 32.1. The van der Waals surface area contributed by atoms with E-state index in [4.69, 9.17) is 9.47 Å². The van der Waals surface area contributed by atoms with Crippen LogP contribution in [0.25, 0.3) is 10.2 Å². The van der Waals surface area contributed by atoms with Crippen LogP contribution in [0.1, 0.15) is 28.7 Å². The number of methoxy groups -OCH3 is 2. The molecule has 3 aromatic rings. The Labute approximate surface area is 167 Å². The molecule has 1 N–H and O–H groups in total. The van der Waals surface area contributed by atoms with Gasteiger partial charge >= 0.3 is 0 Å². The molecule has 0 radical (unpaired) electrons. The molecule has 2 heterocycles. The Balaban J connectivity index is 1.50. The van der Waals surface area contributed by atoms with Gasteiger partial charge in [0.15, 0.2) is 0 Å². The number of hydrogen-bond acceptors (Lipinski definition) is 6.